The molecule has 1 aromatic rings. The Morgan fingerprint density at radius 1 is 1.47 bits per heavy atom. The van der Waals surface area contributed by atoms with Crippen LogP contribution in [-0.2, 0) is 0 Å². The summed E-state index contributed by atoms with van der Waals surface area (Å²) in [5, 5.41) is 0. The first-order valence-corrected chi connectivity index (χ1v) is 6.43. The lowest BCUT2D eigenvalue weighted by atomic mass is 10.2. The number of halogens is 2. The molecule has 102 valence electrons. The average molecular weight is 267 g/mol. The van der Waals surface area contributed by atoms with Gasteiger partial charge in [-0.3, -0.25) is 0 Å². The highest BCUT2D eigenvalue weighted by molar-refractivity contribution is 5.15. The Hall–Kier alpha value is -1.72. The van der Waals surface area contributed by atoms with Gasteiger partial charge in [-0.15, -0.1) is 0 Å². The van der Waals surface area contributed by atoms with Crippen LogP contribution in [0.2, 0.25) is 0 Å². The number of rotatable bonds is 4. The highest BCUT2D eigenvalue weighted by Gasteiger charge is 2.30. The van der Waals surface area contributed by atoms with Crippen molar-refractivity contribution in [1.82, 2.24) is 14.9 Å². The van der Waals surface area contributed by atoms with Crippen LogP contribution in [-0.4, -0.2) is 34.1 Å². The van der Waals surface area contributed by atoms with Gasteiger partial charge >= 0.3 is 0 Å². The van der Waals surface area contributed by atoms with E-state index in [1.54, 1.807) is 0 Å². The molecule has 0 unspecified atom stereocenters. The van der Waals surface area contributed by atoms with Gasteiger partial charge in [0.25, 0.3) is 6.43 Å². The zero-order valence-corrected chi connectivity index (χ0v) is 10.4. The standard InChI is InChI=1S/C13H15F2N3O/c14-12(15)13-16-6-5-11(17-13)19-8-10-4-3-9-2-1-7-18(9)10/h2,5-6,10,12H,1,3-4,7-8H2/t10-/m0/s1. The molecule has 2 aliphatic rings. The number of alkyl halides is 2. The van der Waals surface area contributed by atoms with Crippen molar-refractivity contribution in [3.05, 3.63) is 29.9 Å². The lowest BCUT2D eigenvalue weighted by Gasteiger charge is -2.23. The van der Waals surface area contributed by atoms with Gasteiger partial charge < -0.3 is 9.64 Å². The monoisotopic (exact) mass is 267 g/mol. The van der Waals surface area contributed by atoms with Gasteiger partial charge in [0.2, 0.25) is 5.88 Å². The van der Waals surface area contributed by atoms with E-state index < -0.39 is 12.2 Å². The van der Waals surface area contributed by atoms with Crippen molar-refractivity contribution in [1.29, 1.82) is 0 Å². The van der Waals surface area contributed by atoms with Gasteiger partial charge in [-0.25, -0.2) is 13.8 Å². The third-order valence-electron chi connectivity index (χ3n) is 3.56. The molecule has 0 saturated carbocycles. The van der Waals surface area contributed by atoms with E-state index in [0.29, 0.717) is 12.6 Å². The quantitative estimate of drug-likeness (QED) is 0.840. The number of hydrogen-bond acceptors (Lipinski definition) is 4. The molecule has 0 spiro atoms. The van der Waals surface area contributed by atoms with Gasteiger partial charge in [0.15, 0.2) is 5.82 Å². The minimum absolute atomic E-state index is 0.224. The maximum Gasteiger partial charge on any atom is 0.297 e. The molecule has 4 nitrogen and oxygen atoms in total. The summed E-state index contributed by atoms with van der Waals surface area (Å²) in [6, 6.07) is 1.85. The number of nitrogens with zero attached hydrogens (tertiary/aromatic N) is 3. The molecule has 0 bridgehead atoms. The Bertz CT molecular complexity index is 493. The summed E-state index contributed by atoms with van der Waals surface area (Å²) in [5.74, 6) is -0.257. The SMILES string of the molecule is FC(F)c1nccc(OC[C@@H]2CCC3=CCCN32)n1. The molecule has 3 rings (SSSR count). The van der Waals surface area contributed by atoms with Gasteiger partial charge in [-0.05, 0) is 19.3 Å². The van der Waals surface area contributed by atoms with E-state index in [-0.39, 0.29) is 5.88 Å². The predicted molar refractivity (Wildman–Crippen MR) is 64.9 cm³/mol. The minimum Gasteiger partial charge on any atom is -0.475 e. The Morgan fingerprint density at radius 2 is 2.37 bits per heavy atom. The molecule has 2 aliphatic heterocycles. The predicted octanol–water partition coefficient (Wildman–Crippen LogP) is 2.55. The van der Waals surface area contributed by atoms with Crippen molar-refractivity contribution in [3.8, 4) is 5.88 Å². The molecule has 1 atom stereocenters. The van der Waals surface area contributed by atoms with Crippen molar-refractivity contribution in [2.75, 3.05) is 13.2 Å². The van der Waals surface area contributed by atoms with E-state index in [4.69, 9.17) is 4.74 Å². The molecule has 6 heteroatoms. The zero-order chi connectivity index (χ0) is 13.2. The highest BCUT2D eigenvalue weighted by atomic mass is 19.3. The van der Waals surface area contributed by atoms with Gasteiger partial charge in [0.05, 0.1) is 6.04 Å². The zero-order valence-electron chi connectivity index (χ0n) is 10.4. The van der Waals surface area contributed by atoms with Gasteiger partial charge in [0.1, 0.15) is 6.61 Å². The minimum atomic E-state index is -2.66. The van der Waals surface area contributed by atoms with Crippen LogP contribution >= 0.6 is 0 Å². The van der Waals surface area contributed by atoms with Gasteiger partial charge in [0, 0.05) is 24.5 Å². The normalized spacial score (nSPS) is 21.7. The first kappa shape index (κ1) is 12.3. The molecule has 0 aliphatic carbocycles. The van der Waals surface area contributed by atoms with Crippen molar-refractivity contribution < 1.29 is 13.5 Å². The van der Waals surface area contributed by atoms with Crippen LogP contribution in [0.15, 0.2) is 24.0 Å². The molecular weight excluding hydrogens is 252 g/mol. The van der Waals surface area contributed by atoms with E-state index in [1.165, 1.54) is 18.0 Å². The lowest BCUT2D eigenvalue weighted by Crippen LogP contribution is -2.32. The van der Waals surface area contributed by atoms with Gasteiger partial charge in [-0.1, -0.05) is 6.08 Å². The van der Waals surface area contributed by atoms with Crippen LogP contribution in [0.1, 0.15) is 31.5 Å². The van der Waals surface area contributed by atoms with Crippen LogP contribution in [0.3, 0.4) is 0 Å². The molecule has 0 N–H and O–H groups in total. The molecule has 1 aromatic heterocycles. The largest absolute Gasteiger partial charge is 0.475 e. The summed E-state index contributed by atoms with van der Waals surface area (Å²) in [6.07, 6.45) is 4.13. The maximum absolute atomic E-state index is 12.5. The van der Waals surface area contributed by atoms with Crippen LogP contribution in [0.4, 0.5) is 8.78 Å². The lowest BCUT2D eigenvalue weighted by molar-refractivity contribution is 0.137. The number of allylic oxidation sites excluding steroid dienone is 1. The second-order valence-corrected chi connectivity index (χ2v) is 4.73. The average Bonchev–Trinajstić information content (AvgIpc) is 3.00. The summed E-state index contributed by atoms with van der Waals surface area (Å²) in [5.41, 5.74) is 1.39. The highest BCUT2D eigenvalue weighted by Crippen LogP contribution is 2.32. The molecule has 0 radical (unpaired) electrons. The fourth-order valence-corrected chi connectivity index (χ4v) is 2.66. The molecule has 1 saturated heterocycles. The van der Waals surface area contributed by atoms with Crippen LogP contribution in [0.25, 0.3) is 0 Å². The summed E-state index contributed by atoms with van der Waals surface area (Å²) >= 11 is 0. The topological polar surface area (TPSA) is 38.2 Å². The van der Waals surface area contributed by atoms with Crippen molar-refractivity contribution >= 4 is 0 Å². The fraction of sp³-hybridized carbons (Fsp3) is 0.538. The molecule has 3 heterocycles. The van der Waals surface area contributed by atoms with E-state index >= 15 is 0 Å². The van der Waals surface area contributed by atoms with Crippen molar-refractivity contribution in [2.45, 2.75) is 31.7 Å². The van der Waals surface area contributed by atoms with Crippen LogP contribution in [0.5, 0.6) is 5.88 Å². The first-order chi connectivity index (χ1) is 9.24. The van der Waals surface area contributed by atoms with E-state index in [1.807, 2.05) is 0 Å². The second kappa shape index (κ2) is 5.11. The summed E-state index contributed by atoms with van der Waals surface area (Å²) in [7, 11) is 0. The smallest absolute Gasteiger partial charge is 0.297 e. The third kappa shape index (κ3) is 2.52. The van der Waals surface area contributed by atoms with Crippen LogP contribution in [0, 0.1) is 0 Å². The van der Waals surface area contributed by atoms with Crippen molar-refractivity contribution in [2.24, 2.45) is 0 Å². The molecular formula is C13H15F2N3O. The van der Waals surface area contributed by atoms with E-state index in [2.05, 4.69) is 20.9 Å². The number of ether oxygens (including phenoxy) is 1. The Labute approximate surface area is 110 Å². The summed E-state index contributed by atoms with van der Waals surface area (Å²) < 4.78 is 30.5. The molecule has 1 fully saturated rings. The number of hydrogen-bond donors (Lipinski definition) is 0. The Morgan fingerprint density at radius 3 is 3.21 bits per heavy atom. The maximum atomic E-state index is 12.5. The molecule has 19 heavy (non-hydrogen) atoms. The Kier molecular flexibility index (Phi) is 3.31. The van der Waals surface area contributed by atoms with Gasteiger partial charge in [-0.2, -0.15) is 4.98 Å². The summed E-state index contributed by atoms with van der Waals surface area (Å²) in [6.45, 7) is 1.52. The number of aromatic nitrogens is 2. The van der Waals surface area contributed by atoms with E-state index in [9.17, 15) is 8.78 Å². The third-order valence-corrected chi connectivity index (χ3v) is 3.56. The van der Waals surface area contributed by atoms with Crippen molar-refractivity contribution in [3.63, 3.8) is 0 Å². The molecule has 0 amide bonds. The second-order valence-electron chi connectivity index (χ2n) is 4.73. The molecule has 0 aromatic carbocycles. The summed E-state index contributed by atoms with van der Waals surface area (Å²) in [4.78, 5) is 9.56. The Balaban J connectivity index is 1.60. The number of fused-ring (bicyclic) bond motifs is 1. The van der Waals surface area contributed by atoms with E-state index in [0.717, 1.165) is 25.8 Å². The fourth-order valence-electron chi connectivity index (χ4n) is 2.66. The van der Waals surface area contributed by atoms with Crippen LogP contribution < -0.4 is 4.74 Å². The first-order valence-electron chi connectivity index (χ1n) is 6.43.